The lowest BCUT2D eigenvalue weighted by atomic mass is 10.3. The Labute approximate surface area is 88.4 Å². The number of ether oxygens (including phenoxy) is 1. The summed E-state index contributed by atoms with van der Waals surface area (Å²) in [6, 6.07) is 9.85. The second-order valence-corrected chi connectivity index (χ2v) is 4.78. The first-order chi connectivity index (χ1) is 6.84. The molecule has 1 atom stereocenters. The number of thioether (sulfide) groups is 1. The fourth-order valence-electron chi connectivity index (χ4n) is 1.28. The van der Waals surface area contributed by atoms with E-state index in [1.807, 2.05) is 42.1 Å². The molecule has 0 aliphatic carbocycles. The summed E-state index contributed by atoms with van der Waals surface area (Å²) < 4.78 is 5.59. The molecule has 2 rings (SSSR count). The van der Waals surface area contributed by atoms with Crippen LogP contribution in [0, 0.1) is 0 Å². The topological polar surface area (TPSA) is 21.6 Å². The van der Waals surface area contributed by atoms with Gasteiger partial charge in [-0.1, -0.05) is 25.1 Å². The van der Waals surface area contributed by atoms with Gasteiger partial charge in [0.25, 0.3) is 0 Å². The minimum Gasteiger partial charge on any atom is -0.487 e. The van der Waals surface area contributed by atoms with Crippen LogP contribution < -0.4 is 4.74 Å². The largest absolute Gasteiger partial charge is 0.487 e. The summed E-state index contributed by atoms with van der Waals surface area (Å²) in [4.78, 5) is 4.39. The first-order valence-corrected chi connectivity index (χ1v) is 5.60. The molecule has 0 bridgehead atoms. The molecule has 1 aromatic carbocycles. The average molecular weight is 207 g/mol. The van der Waals surface area contributed by atoms with E-state index in [2.05, 4.69) is 11.9 Å². The van der Waals surface area contributed by atoms with Gasteiger partial charge in [-0.25, -0.2) is 0 Å². The maximum atomic E-state index is 5.59. The predicted molar refractivity (Wildman–Crippen MR) is 61.3 cm³/mol. The molecule has 0 saturated carbocycles. The van der Waals surface area contributed by atoms with Crippen LogP contribution in [0.15, 0.2) is 35.3 Å². The molecule has 1 aromatic rings. The molecule has 2 nitrogen and oxygen atoms in total. The summed E-state index contributed by atoms with van der Waals surface area (Å²) in [5.74, 6) is 0.912. The van der Waals surface area contributed by atoms with Crippen LogP contribution in [-0.4, -0.2) is 23.4 Å². The molecule has 0 spiro atoms. The van der Waals surface area contributed by atoms with Crippen LogP contribution in [0.4, 0.5) is 0 Å². The van der Waals surface area contributed by atoms with Crippen LogP contribution in [0.25, 0.3) is 0 Å². The van der Waals surface area contributed by atoms with E-state index < -0.39 is 0 Å². The van der Waals surface area contributed by atoms with Crippen molar-refractivity contribution in [1.82, 2.24) is 0 Å². The van der Waals surface area contributed by atoms with Gasteiger partial charge in [-0.15, -0.1) is 11.8 Å². The van der Waals surface area contributed by atoms with Gasteiger partial charge in [0, 0.05) is 5.25 Å². The fourth-order valence-corrected chi connectivity index (χ4v) is 2.17. The maximum absolute atomic E-state index is 5.59. The molecule has 1 unspecified atom stereocenters. The number of para-hydroxylation sites is 1. The third kappa shape index (κ3) is 2.51. The number of benzene rings is 1. The molecular weight excluding hydrogens is 194 g/mol. The molecule has 0 amide bonds. The van der Waals surface area contributed by atoms with Crippen LogP contribution in [-0.2, 0) is 0 Å². The summed E-state index contributed by atoms with van der Waals surface area (Å²) in [6.45, 7) is 3.72. The molecule has 0 aromatic heterocycles. The zero-order valence-corrected chi connectivity index (χ0v) is 8.96. The Kier molecular flexibility index (Phi) is 3.09. The highest BCUT2D eigenvalue weighted by molar-refractivity contribution is 8.14. The molecule has 0 radical (unpaired) electrons. The Morgan fingerprint density at radius 2 is 2.21 bits per heavy atom. The molecule has 0 N–H and O–H groups in total. The van der Waals surface area contributed by atoms with Crippen molar-refractivity contribution in [3.05, 3.63) is 30.3 Å². The van der Waals surface area contributed by atoms with Crippen LogP contribution in [0.5, 0.6) is 5.75 Å². The molecule has 0 saturated heterocycles. The van der Waals surface area contributed by atoms with Crippen molar-refractivity contribution < 1.29 is 4.74 Å². The van der Waals surface area contributed by atoms with Gasteiger partial charge >= 0.3 is 0 Å². The zero-order valence-electron chi connectivity index (χ0n) is 8.14. The van der Waals surface area contributed by atoms with Crippen LogP contribution in [0.2, 0.25) is 0 Å². The molecular formula is C11H13NOS. The van der Waals surface area contributed by atoms with Crippen LogP contribution >= 0.6 is 11.8 Å². The van der Waals surface area contributed by atoms with Crippen LogP contribution in [0.3, 0.4) is 0 Å². The normalized spacial score (nSPS) is 20.6. The van der Waals surface area contributed by atoms with Crippen LogP contribution in [0.1, 0.15) is 6.92 Å². The highest BCUT2D eigenvalue weighted by Gasteiger charge is 2.14. The van der Waals surface area contributed by atoms with Gasteiger partial charge in [-0.3, -0.25) is 4.99 Å². The molecule has 0 fully saturated rings. The SMILES string of the molecule is CC1CN=C(COc2ccccc2)S1. The van der Waals surface area contributed by atoms with Crippen molar-refractivity contribution in [2.45, 2.75) is 12.2 Å². The van der Waals surface area contributed by atoms with Gasteiger partial charge in [0.15, 0.2) is 0 Å². The average Bonchev–Trinajstić information content (AvgIpc) is 2.63. The number of nitrogens with zero attached hydrogens (tertiary/aromatic N) is 1. The summed E-state index contributed by atoms with van der Waals surface area (Å²) in [7, 11) is 0. The molecule has 74 valence electrons. The van der Waals surface area contributed by atoms with Crippen molar-refractivity contribution in [2.75, 3.05) is 13.2 Å². The van der Waals surface area contributed by atoms with E-state index in [-0.39, 0.29) is 0 Å². The van der Waals surface area contributed by atoms with E-state index in [9.17, 15) is 0 Å². The Bertz CT molecular complexity index is 323. The van der Waals surface area contributed by atoms with Crippen molar-refractivity contribution >= 4 is 16.8 Å². The maximum Gasteiger partial charge on any atom is 0.136 e. The van der Waals surface area contributed by atoms with E-state index in [0.717, 1.165) is 17.3 Å². The molecule has 1 aliphatic heterocycles. The van der Waals surface area contributed by atoms with E-state index in [0.29, 0.717) is 11.9 Å². The van der Waals surface area contributed by atoms with Gasteiger partial charge in [0.1, 0.15) is 17.4 Å². The Morgan fingerprint density at radius 3 is 2.86 bits per heavy atom. The molecule has 1 aliphatic rings. The number of aliphatic imine (C=N–C) groups is 1. The lowest BCUT2D eigenvalue weighted by molar-refractivity contribution is 0.379. The summed E-state index contributed by atoms with van der Waals surface area (Å²) in [5.41, 5.74) is 0. The minimum absolute atomic E-state index is 0.610. The summed E-state index contributed by atoms with van der Waals surface area (Å²) in [5, 5.41) is 1.73. The Hall–Kier alpha value is -0.960. The van der Waals surface area contributed by atoms with Gasteiger partial charge in [0.05, 0.1) is 6.54 Å². The number of hydrogen-bond acceptors (Lipinski definition) is 3. The first kappa shape index (κ1) is 9.59. The van der Waals surface area contributed by atoms with Gasteiger partial charge in [-0.2, -0.15) is 0 Å². The lowest BCUT2D eigenvalue weighted by Crippen LogP contribution is -2.06. The van der Waals surface area contributed by atoms with E-state index >= 15 is 0 Å². The lowest BCUT2D eigenvalue weighted by Gasteiger charge is -2.05. The third-order valence-electron chi connectivity index (χ3n) is 1.97. The summed E-state index contributed by atoms with van der Waals surface area (Å²) in [6.07, 6.45) is 0. The zero-order chi connectivity index (χ0) is 9.80. The quantitative estimate of drug-likeness (QED) is 0.760. The number of hydrogen-bond donors (Lipinski definition) is 0. The standard InChI is InChI=1S/C11H13NOS/c1-9-7-12-11(14-9)8-13-10-5-3-2-4-6-10/h2-6,9H,7-8H2,1H3. The first-order valence-electron chi connectivity index (χ1n) is 4.72. The minimum atomic E-state index is 0.610. The third-order valence-corrected chi connectivity index (χ3v) is 3.04. The smallest absolute Gasteiger partial charge is 0.136 e. The van der Waals surface area contributed by atoms with Gasteiger partial charge in [-0.05, 0) is 12.1 Å². The van der Waals surface area contributed by atoms with Crippen molar-refractivity contribution in [3.8, 4) is 5.75 Å². The predicted octanol–water partition coefficient (Wildman–Crippen LogP) is 2.60. The van der Waals surface area contributed by atoms with Gasteiger partial charge in [0.2, 0.25) is 0 Å². The van der Waals surface area contributed by atoms with E-state index in [1.54, 1.807) is 0 Å². The van der Waals surface area contributed by atoms with Crippen molar-refractivity contribution in [3.63, 3.8) is 0 Å². The highest BCUT2D eigenvalue weighted by atomic mass is 32.2. The summed E-state index contributed by atoms with van der Waals surface area (Å²) >= 11 is 1.81. The van der Waals surface area contributed by atoms with Crippen molar-refractivity contribution in [1.29, 1.82) is 0 Å². The van der Waals surface area contributed by atoms with Crippen molar-refractivity contribution in [2.24, 2.45) is 4.99 Å². The monoisotopic (exact) mass is 207 g/mol. The van der Waals surface area contributed by atoms with E-state index in [4.69, 9.17) is 4.74 Å². The molecule has 3 heteroatoms. The molecule has 1 heterocycles. The van der Waals surface area contributed by atoms with Gasteiger partial charge < -0.3 is 4.74 Å². The molecule has 14 heavy (non-hydrogen) atoms. The number of rotatable bonds is 3. The Morgan fingerprint density at radius 1 is 1.43 bits per heavy atom. The highest BCUT2D eigenvalue weighted by Crippen LogP contribution is 2.21. The Balaban J connectivity index is 1.84. The second-order valence-electron chi connectivity index (χ2n) is 3.26. The fraction of sp³-hybridized carbons (Fsp3) is 0.364. The van der Waals surface area contributed by atoms with E-state index in [1.165, 1.54) is 0 Å². The second kappa shape index (κ2) is 4.51.